The summed E-state index contributed by atoms with van der Waals surface area (Å²) >= 11 is 0. The van der Waals surface area contributed by atoms with E-state index in [0.29, 0.717) is 18.8 Å². The van der Waals surface area contributed by atoms with E-state index >= 15 is 0 Å². The van der Waals surface area contributed by atoms with Gasteiger partial charge < -0.3 is 9.42 Å². The van der Waals surface area contributed by atoms with Gasteiger partial charge in [-0.25, -0.2) is 9.24 Å². The fraction of sp³-hybridized carbons (Fsp3) is 0.182. The van der Waals surface area contributed by atoms with E-state index in [1.54, 1.807) is 0 Å². The van der Waals surface area contributed by atoms with E-state index in [0.717, 1.165) is 18.8 Å². The fourth-order valence-corrected chi connectivity index (χ4v) is 5.20. The Bertz CT molecular complexity index is 869. The van der Waals surface area contributed by atoms with Gasteiger partial charge in [0.1, 0.15) is 5.75 Å². The summed E-state index contributed by atoms with van der Waals surface area (Å²) in [6.45, 7) is 2.89. The lowest BCUT2D eigenvalue weighted by atomic mass is 10.2. The monoisotopic (exact) mass is 393 g/mol. The van der Waals surface area contributed by atoms with Crippen LogP contribution in [0.3, 0.4) is 0 Å². The van der Waals surface area contributed by atoms with Gasteiger partial charge >= 0.3 is 7.67 Å². The van der Waals surface area contributed by atoms with Gasteiger partial charge in [-0.15, -0.1) is 0 Å². The van der Waals surface area contributed by atoms with Crippen LogP contribution < -0.4 is 14.5 Å². The van der Waals surface area contributed by atoms with E-state index in [2.05, 4.69) is 22.1 Å². The highest BCUT2D eigenvalue weighted by molar-refractivity contribution is 7.58. The summed E-state index contributed by atoms with van der Waals surface area (Å²) in [5, 5.41) is 3.17. The Morgan fingerprint density at radius 3 is 1.86 bits per heavy atom. The number of anilines is 2. The zero-order valence-corrected chi connectivity index (χ0v) is 16.5. The maximum Gasteiger partial charge on any atom is 0.419 e. The molecule has 0 unspecified atom stereocenters. The Balaban J connectivity index is 1.53. The van der Waals surface area contributed by atoms with Crippen molar-refractivity contribution >= 4 is 19.0 Å². The molecule has 1 fully saturated rings. The highest BCUT2D eigenvalue weighted by Gasteiger charge is 2.36. The molecule has 28 heavy (non-hydrogen) atoms. The average molecular weight is 393 g/mol. The molecule has 1 atom stereocenters. The van der Waals surface area contributed by atoms with E-state index in [-0.39, 0.29) is 0 Å². The van der Waals surface area contributed by atoms with E-state index in [1.165, 1.54) is 5.69 Å². The lowest BCUT2D eigenvalue weighted by Crippen LogP contribution is -2.46. The smallest absolute Gasteiger partial charge is 0.418 e. The topological polar surface area (TPSA) is 44.8 Å². The first-order valence-corrected chi connectivity index (χ1v) is 11.0. The zero-order chi connectivity index (χ0) is 19.2. The van der Waals surface area contributed by atoms with Crippen LogP contribution >= 0.6 is 7.67 Å². The van der Waals surface area contributed by atoms with Crippen LogP contribution in [0.4, 0.5) is 11.4 Å². The Kier molecular flexibility index (Phi) is 5.65. The van der Waals surface area contributed by atoms with Crippen LogP contribution in [-0.4, -0.2) is 30.8 Å². The summed E-state index contributed by atoms with van der Waals surface area (Å²) in [4.78, 5) is 2.31. The molecule has 0 radical (unpaired) electrons. The Morgan fingerprint density at radius 2 is 1.25 bits per heavy atom. The second kappa shape index (κ2) is 8.51. The summed E-state index contributed by atoms with van der Waals surface area (Å²) in [5.41, 5.74) is 1.98. The molecule has 0 spiro atoms. The van der Waals surface area contributed by atoms with E-state index in [4.69, 9.17) is 4.52 Å². The lowest BCUT2D eigenvalue weighted by molar-refractivity contribution is 0.338. The second-order valence-corrected chi connectivity index (χ2v) is 8.69. The van der Waals surface area contributed by atoms with Gasteiger partial charge in [0, 0.05) is 37.6 Å². The van der Waals surface area contributed by atoms with Crippen LogP contribution in [0, 0.1) is 0 Å². The standard InChI is InChI=1S/C22H24N3O2P/c26-28(23-20-10-4-1-5-11-20,27-22-14-8-3-9-15-22)25-18-16-24(17-19-25)21-12-6-2-7-13-21/h1-15H,16-19H2,(H,23,26)/t28-/m0/s1. The molecule has 6 heteroatoms. The lowest BCUT2D eigenvalue weighted by Gasteiger charge is -2.39. The van der Waals surface area contributed by atoms with Gasteiger partial charge in [-0.05, 0) is 36.4 Å². The van der Waals surface area contributed by atoms with E-state index in [1.807, 2.05) is 83.5 Å². The molecule has 144 valence electrons. The first-order valence-electron chi connectivity index (χ1n) is 9.46. The molecule has 1 aliphatic rings. The highest BCUT2D eigenvalue weighted by atomic mass is 31.2. The normalized spacial score (nSPS) is 16.9. The van der Waals surface area contributed by atoms with Crippen LogP contribution in [0.15, 0.2) is 91.0 Å². The maximum absolute atomic E-state index is 13.9. The number of rotatable bonds is 6. The predicted molar refractivity (Wildman–Crippen MR) is 115 cm³/mol. The molecule has 3 aromatic carbocycles. The summed E-state index contributed by atoms with van der Waals surface area (Å²) in [6.07, 6.45) is 0. The average Bonchev–Trinajstić information content (AvgIpc) is 2.76. The fourth-order valence-electron chi connectivity index (χ4n) is 3.31. The van der Waals surface area contributed by atoms with Gasteiger partial charge in [-0.2, -0.15) is 0 Å². The predicted octanol–water partition coefficient (Wildman–Crippen LogP) is 5.11. The SMILES string of the molecule is O=[P@@](Nc1ccccc1)(Oc1ccccc1)N1CCN(c2ccccc2)CC1. The molecular formula is C22H24N3O2P. The third-order valence-electron chi connectivity index (χ3n) is 4.77. The summed E-state index contributed by atoms with van der Waals surface area (Å²) in [6, 6.07) is 29.3. The Labute approximate surface area is 166 Å². The Morgan fingerprint density at radius 1 is 0.714 bits per heavy atom. The number of nitrogens with one attached hydrogen (secondary N) is 1. The van der Waals surface area contributed by atoms with Gasteiger partial charge in [-0.3, -0.25) is 5.09 Å². The van der Waals surface area contributed by atoms with Crippen molar-refractivity contribution in [1.82, 2.24) is 4.67 Å². The molecular weight excluding hydrogens is 369 g/mol. The molecule has 3 aromatic rings. The molecule has 0 aromatic heterocycles. The van der Waals surface area contributed by atoms with Crippen molar-refractivity contribution < 1.29 is 9.09 Å². The first kappa shape index (κ1) is 18.6. The molecule has 0 amide bonds. The number of hydrogen-bond donors (Lipinski definition) is 1. The minimum absolute atomic E-state index is 0.597. The van der Waals surface area contributed by atoms with Crippen LogP contribution in [0.1, 0.15) is 0 Å². The number of piperazine rings is 1. The molecule has 5 nitrogen and oxygen atoms in total. The van der Waals surface area contributed by atoms with Crippen molar-refractivity contribution in [1.29, 1.82) is 0 Å². The minimum atomic E-state index is -3.30. The molecule has 0 saturated carbocycles. The largest absolute Gasteiger partial charge is 0.419 e. The van der Waals surface area contributed by atoms with Crippen LogP contribution in [0.25, 0.3) is 0 Å². The van der Waals surface area contributed by atoms with Gasteiger partial charge in [0.2, 0.25) is 0 Å². The van der Waals surface area contributed by atoms with E-state index < -0.39 is 7.67 Å². The van der Waals surface area contributed by atoms with Crippen molar-refractivity contribution in [2.24, 2.45) is 0 Å². The van der Waals surface area contributed by atoms with Crippen molar-refractivity contribution in [2.45, 2.75) is 0 Å². The van der Waals surface area contributed by atoms with Crippen LogP contribution in [0.2, 0.25) is 0 Å². The second-order valence-electron chi connectivity index (χ2n) is 6.68. The van der Waals surface area contributed by atoms with Gasteiger partial charge in [0.15, 0.2) is 0 Å². The van der Waals surface area contributed by atoms with E-state index in [9.17, 15) is 4.57 Å². The molecule has 1 saturated heterocycles. The molecule has 0 bridgehead atoms. The summed E-state index contributed by atoms with van der Waals surface area (Å²) < 4.78 is 21.9. The van der Waals surface area contributed by atoms with Crippen molar-refractivity contribution in [3.8, 4) is 5.75 Å². The van der Waals surface area contributed by atoms with Crippen molar-refractivity contribution in [3.05, 3.63) is 91.0 Å². The number of benzene rings is 3. The molecule has 4 rings (SSSR count). The van der Waals surface area contributed by atoms with Crippen molar-refractivity contribution in [2.75, 3.05) is 36.2 Å². The summed E-state index contributed by atoms with van der Waals surface area (Å²) in [5.74, 6) is 0.597. The first-order chi connectivity index (χ1) is 13.7. The van der Waals surface area contributed by atoms with Gasteiger partial charge in [-0.1, -0.05) is 54.6 Å². The zero-order valence-electron chi connectivity index (χ0n) is 15.6. The number of para-hydroxylation sites is 3. The third kappa shape index (κ3) is 4.38. The summed E-state index contributed by atoms with van der Waals surface area (Å²) in [7, 11) is -3.30. The third-order valence-corrected chi connectivity index (χ3v) is 6.91. The van der Waals surface area contributed by atoms with Crippen LogP contribution in [0.5, 0.6) is 5.75 Å². The molecule has 0 aliphatic carbocycles. The maximum atomic E-state index is 13.9. The quantitative estimate of drug-likeness (QED) is 0.590. The van der Waals surface area contributed by atoms with Crippen molar-refractivity contribution in [3.63, 3.8) is 0 Å². The molecule has 1 N–H and O–H groups in total. The van der Waals surface area contributed by atoms with Crippen LogP contribution in [-0.2, 0) is 4.57 Å². The van der Waals surface area contributed by atoms with Gasteiger partial charge in [0.05, 0.1) is 0 Å². The highest BCUT2D eigenvalue weighted by Crippen LogP contribution is 2.50. The molecule has 1 heterocycles. The number of nitrogens with zero attached hydrogens (tertiary/aromatic N) is 2. The van der Waals surface area contributed by atoms with Gasteiger partial charge in [0.25, 0.3) is 0 Å². The Hall–Kier alpha value is -2.75. The molecule has 1 aliphatic heterocycles. The number of hydrogen-bond acceptors (Lipinski definition) is 3. The minimum Gasteiger partial charge on any atom is -0.418 e.